The van der Waals surface area contributed by atoms with Crippen molar-refractivity contribution in [1.82, 2.24) is 4.90 Å². The van der Waals surface area contributed by atoms with E-state index >= 15 is 0 Å². The highest BCUT2D eigenvalue weighted by molar-refractivity contribution is 5.79. The third-order valence-electron chi connectivity index (χ3n) is 4.93. The van der Waals surface area contributed by atoms with Gasteiger partial charge in [0.1, 0.15) is 0 Å². The van der Waals surface area contributed by atoms with Crippen LogP contribution in [-0.2, 0) is 4.79 Å². The average molecular weight is 268 g/mol. The van der Waals surface area contributed by atoms with E-state index in [0.717, 1.165) is 38.6 Å². The predicted molar refractivity (Wildman–Crippen MR) is 75.5 cm³/mol. The highest BCUT2D eigenvalue weighted by Crippen LogP contribution is 2.32. The molecule has 1 heterocycles. The minimum Gasteiger partial charge on any atom is -0.390 e. The Morgan fingerprint density at radius 2 is 2.05 bits per heavy atom. The summed E-state index contributed by atoms with van der Waals surface area (Å²) in [5.74, 6) is 0.795. The second-order valence-electron chi connectivity index (χ2n) is 6.83. The Labute approximate surface area is 116 Å². The summed E-state index contributed by atoms with van der Waals surface area (Å²) in [5.41, 5.74) is 5.41. The van der Waals surface area contributed by atoms with Gasteiger partial charge in [-0.3, -0.25) is 4.79 Å². The summed E-state index contributed by atoms with van der Waals surface area (Å²) in [6.07, 6.45) is 5.30. The van der Waals surface area contributed by atoms with Gasteiger partial charge in [0.05, 0.1) is 5.60 Å². The van der Waals surface area contributed by atoms with Gasteiger partial charge in [0.15, 0.2) is 0 Å². The zero-order valence-electron chi connectivity index (χ0n) is 12.3. The summed E-state index contributed by atoms with van der Waals surface area (Å²) in [4.78, 5) is 14.6. The molecule has 0 bridgehead atoms. The Balaban J connectivity index is 1.98. The van der Waals surface area contributed by atoms with E-state index in [4.69, 9.17) is 5.73 Å². The zero-order chi connectivity index (χ0) is 14.0. The Hall–Kier alpha value is -0.610. The van der Waals surface area contributed by atoms with Crippen molar-refractivity contribution >= 4 is 5.91 Å². The molecule has 4 heteroatoms. The summed E-state index contributed by atoms with van der Waals surface area (Å²) < 4.78 is 0. The van der Waals surface area contributed by atoms with E-state index in [9.17, 15) is 9.90 Å². The number of likely N-dealkylation sites (tertiary alicyclic amines) is 1. The van der Waals surface area contributed by atoms with E-state index in [0.29, 0.717) is 18.9 Å². The van der Waals surface area contributed by atoms with Crippen LogP contribution in [0.1, 0.15) is 52.4 Å². The third kappa shape index (κ3) is 3.69. The maximum atomic E-state index is 12.7. The molecule has 4 nitrogen and oxygen atoms in total. The van der Waals surface area contributed by atoms with Crippen LogP contribution in [-0.4, -0.2) is 40.6 Å². The normalized spacial score (nSPS) is 40.8. The monoisotopic (exact) mass is 268 g/mol. The van der Waals surface area contributed by atoms with E-state index in [2.05, 4.69) is 6.92 Å². The Kier molecular flexibility index (Phi) is 4.51. The van der Waals surface area contributed by atoms with Crippen molar-refractivity contribution in [3.8, 4) is 0 Å². The summed E-state index contributed by atoms with van der Waals surface area (Å²) in [6, 6.07) is 0.181. The van der Waals surface area contributed by atoms with Gasteiger partial charge in [0.2, 0.25) is 5.91 Å². The van der Waals surface area contributed by atoms with E-state index in [1.54, 1.807) is 0 Å². The molecule has 2 rings (SSSR count). The fourth-order valence-corrected chi connectivity index (χ4v) is 3.42. The van der Waals surface area contributed by atoms with Gasteiger partial charge in [0.25, 0.3) is 0 Å². The van der Waals surface area contributed by atoms with E-state index < -0.39 is 5.60 Å². The molecule has 110 valence electrons. The van der Waals surface area contributed by atoms with Gasteiger partial charge in [-0.15, -0.1) is 0 Å². The van der Waals surface area contributed by atoms with Crippen molar-refractivity contribution in [2.75, 3.05) is 13.1 Å². The summed E-state index contributed by atoms with van der Waals surface area (Å²) in [5, 5.41) is 10.1. The standard InChI is InChI=1S/C15H28N2O2/c1-11-4-5-12(16)10-13(11)14(18)17-8-3-6-15(2,19)7-9-17/h11-13,19H,3-10,16H2,1-2H3. The van der Waals surface area contributed by atoms with E-state index in [1.807, 2.05) is 11.8 Å². The maximum absolute atomic E-state index is 12.7. The van der Waals surface area contributed by atoms with Crippen LogP contribution in [0.3, 0.4) is 0 Å². The molecule has 2 aliphatic rings. The highest BCUT2D eigenvalue weighted by atomic mass is 16.3. The molecule has 0 spiro atoms. The molecular weight excluding hydrogens is 240 g/mol. The lowest BCUT2D eigenvalue weighted by molar-refractivity contribution is -0.138. The van der Waals surface area contributed by atoms with Gasteiger partial charge in [-0.2, -0.15) is 0 Å². The number of aliphatic hydroxyl groups is 1. The van der Waals surface area contributed by atoms with Crippen molar-refractivity contribution in [2.45, 2.75) is 64.0 Å². The smallest absolute Gasteiger partial charge is 0.226 e. The van der Waals surface area contributed by atoms with Crippen LogP contribution >= 0.6 is 0 Å². The largest absolute Gasteiger partial charge is 0.390 e. The quantitative estimate of drug-likeness (QED) is 0.757. The number of amides is 1. The number of nitrogens with two attached hydrogens (primary N) is 1. The molecule has 0 aromatic carbocycles. The zero-order valence-corrected chi connectivity index (χ0v) is 12.3. The van der Waals surface area contributed by atoms with Crippen LogP contribution in [0.5, 0.6) is 0 Å². The second kappa shape index (κ2) is 5.80. The number of carbonyl (C=O) groups is 1. The third-order valence-corrected chi connectivity index (χ3v) is 4.93. The number of rotatable bonds is 1. The predicted octanol–water partition coefficient (Wildman–Crippen LogP) is 1.51. The van der Waals surface area contributed by atoms with Gasteiger partial charge in [-0.05, 0) is 51.4 Å². The van der Waals surface area contributed by atoms with Gasteiger partial charge in [0, 0.05) is 25.0 Å². The van der Waals surface area contributed by atoms with Crippen LogP contribution < -0.4 is 5.73 Å². The molecule has 0 radical (unpaired) electrons. The molecule has 1 aliphatic carbocycles. The molecule has 3 N–H and O–H groups in total. The van der Waals surface area contributed by atoms with Crippen LogP contribution in [0.2, 0.25) is 0 Å². The lowest BCUT2D eigenvalue weighted by Crippen LogP contribution is -2.44. The molecule has 1 saturated carbocycles. The fourth-order valence-electron chi connectivity index (χ4n) is 3.42. The molecule has 0 aromatic heterocycles. The first-order chi connectivity index (χ1) is 8.89. The average Bonchev–Trinajstić information content (AvgIpc) is 2.52. The summed E-state index contributed by atoms with van der Waals surface area (Å²) in [6.45, 7) is 5.51. The first-order valence-electron chi connectivity index (χ1n) is 7.66. The first-order valence-corrected chi connectivity index (χ1v) is 7.66. The van der Waals surface area contributed by atoms with E-state index in [1.165, 1.54) is 0 Å². The molecule has 1 saturated heterocycles. The molecule has 2 fully saturated rings. The van der Waals surface area contributed by atoms with Crippen molar-refractivity contribution in [2.24, 2.45) is 17.6 Å². The molecule has 0 aromatic rings. The fraction of sp³-hybridized carbons (Fsp3) is 0.933. The number of hydrogen-bond acceptors (Lipinski definition) is 3. The first kappa shape index (κ1) is 14.8. The highest BCUT2D eigenvalue weighted by Gasteiger charge is 2.35. The molecular formula is C15H28N2O2. The number of nitrogens with zero attached hydrogens (tertiary/aromatic N) is 1. The van der Waals surface area contributed by atoms with Crippen molar-refractivity contribution in [3.05, 3.63) is 0 Å². The minimum absolute atomic E-state index is 0.0896. The summed E-state index contributed by atoms with van der Waals surface area (Å²) in [7, 11) is 0. The SMILES string of the molecule is CC1CCC(N)CC1C(=O)N1CCCC(C)(O)CC1. The van der Waals surface area contributed by atoms with Gasteiger partial charge >= 0.3 is 0 Å². The number of hydrogen-bond donors (Lipinski definition) is 2. The van der Waals surface area contributed by atoms with Crippen LogP contribution in [0.4, 0.5) is 0 Å². The van der Waals surface area contributed by atoms with Gasteiger partial charge in [-0.1, -0.05) is 6.92 Å². The van der Waals surface area contributed by atoms with Crippen molar-refractivity contribution in [1.29, 1.82) is 0 Å². The molecule has 4 atom stereocenters. The molecule has 4 unspecified atom stereocenters. The van der Waals surface area contributed by atoms with Crippen LogP contribution in [0.15, 0.2) is 0 Å². The Morgan fingerprint density at radius 3 is 2.79 bits per heavy atom. The number of carbonyl (C=O) groups excluding carboxylic acids is 1. The topological polar surface area (TPSA) is 66.6 Å². The van der Waals surface area contributed by atoms with Crippen molar-refractivity contribution in [3.63, 3.8) is 0 Å². The summed E-state index contributed by atoms with van der Waals surface area (Å²) >= 11 is 0. The molecule has 1 aliphatic heterocycles. The maximum Gasteiger partial charge on any atom is 0.226 e. The van der Waals surface area contributed by atoms with E-state index in [-0.39, 0.29) is 17.9 Å². The second-order valence-corrected chi connectivity index (χ2v) is 6.83. The van der Waals surface area contributed by atoms with Crippen LogP contribution in [0, 0.1) is 11.8 Å². The van der Waals surface area contributed by atoms with Crippen molar-refractivity contribution < 1.29 is 9.90 Å². The Bertz CT molecular complexity index is 330. The van der Waals surface area contributed by atoms with Gasteiger partial charge < -0.3 is 15.7 Å². The minimum atomic E-state index is -0.608. The van der Waals surface area contributed by atoms with Gasteiger partial charge in [-0.25, -0.2) is 0 Å². The van der Waals surface area contributed by atoms with Crippen LogP contribution in [0.25, 0.3) is 0 Å². The molecule has 19 heavy (non-hydrogen) atoms. The lowest BCUT2D eigenvalue weighted by Gasteiger charge is -2.35. The Morgan fingerprint density at radius 1 is 1.32 bits per heavy atom. The lowest BCUT2D eigenvalue weighted by atomic mass is 9.77. The molecule has 1 amide bonds.